The van der Waals surface area contributed by atoms with Crippen molar-refractivity contribution in [1.82, 2.24) is 4.72 Å². The first-order chi connectivity index (χ1) is 5.27. The zero-order chi connectivity index (χ0) is 9.83. The zero-order valence-electron chi connectivity index (χ0n) is 7.17. The van der Waals surface area contributed by atoms with E-state index in [0.29, 0.717) is 0 Å². The lowest BCUT2D eigenvalue weighted by Crippen LogP contribution is -2.39. The molecule has 4 nitrogen and oxygen atoms in total. The molecule has 0 bridgehead atoms. The first-order valence-corrected chi connectivity index (χ1v) is 5.71. The highest BCUT2D eigenvalue weighted by molar-refractivity contribution is 7.89. The normalized spacial score (nSPS) is 13.3. The highest BCUT2D eigenvalue weighted by atomic mass is 35.5. The monoisotopic (exact) mass is 215 g/mol. The number of nitrogens with one attached hydrogen (secondary N) is 1. The highest BCUT2D eigenvalue weighted by Crippen LogP contribution is 1.98. The van der Waals surface area contributed by atoms with Crippen molar-refractivity contribution in [1.29, 1.82) is 0 Å². The number of halogens is 1. The summed E-state index contributed by atoms with van der Waals surface area (Å²) in [5.74, 6) is -0.0637. The van der Waals surface area contributed by atoms with Gasteiger partial charge in [0.15, 0.2) is 0 Å². The molecule has 0 heterocycles. The maximum Gasteiger partial charge on any atom is 0.212 e. The van der Waals surface area contributed by atoms with E-state index < -0.39 is 15.6 Å². The number of sulfonamides is 1. The Morgan fingerprint density at radius 1 is 1.50 bits per heavy atom. The summed E-state index contributed by atoms with van der Waals surface area (Å²) in [6.45, 7) is 3.05. The van der Waals surface area contributed by atoms with Gasteiger partial charge in [0.25, 0.3) is 0 Å². The quantitative estimate of drug-likeness (QED) is 0.631. The van der Waals surface area contributed by atoms with Crippen LogP contribution in [0.5, 0.6) is 0 Å². The second kappa shape index (κ2) is 4.41. The van der Waals surface area contributed by atoms with Gasteiger partial charge in [-0.15, -0.1) is 11.6 Å². The average molecular weight is 216 g/mol. The molecule has 0 aliphatic rings. The minimum absolute atomic E-state index is 0.00617. The number of aliphatic hydroxyl groups is 1. The van der Waals surface area contributed by atoms with Crippen LogP contribution in [0.2, 0.25) is 0 Å². The van der Waals surface area contributed by atoms with E-state index in [1.165, 1.54) is 13.8 Å². The molecule has 74 valence electrons. The summed E-state index contributed by atoms with van der Waals surface area (Å²) >= 11 is 5.25. The minimum Gasteiger partial charge on any atom is -0.389 e. The van der Waals surface area contributed by atoms with Gasteiger partial charge in [0.1, 0.15) is 0 Å². The molecule has 0 amide bonds. The van der Waals surface area contributed by atoms with Crippen molar-refractivity contribution in [3.63, 3.8) is 0 Å². The Balaban J connectivity index is 3.94. The van der Waals surface area contributed by atoms with Gasteiger partial charge in [0.05, 0.1) is 11.4 Å². The van der Waals surface area contributed by atoms with Crippen LogP contribution in [0.4, 0.5) is 0 Å². The van der Waals surface area contributed by atoms with E-state index in [0.717, 1.165) is 0 Å². The molecule has 0 aliphatic heterocycles. The number of hydrogen-bond donors (Lipinski definition) is 2. The largest absolute Gasteiger partial charge is 0.389 e. The molecular formula is C6H14ClNO3S. The summed E-state index contributed by atoms with van der Waals surface area (Å²) in [4.78, 5) is 0. The smallest absolute Gasteiger partial charge is 0.212 e. The topological polar surface area (TPSA) is 66.4 Å². The van der Waals surface area contributed by atoms with E-state index >= 15 is 0 Å². The molecule has 0 aromatic carbocycles. The van der Waals surface area contributed by atoms with E-state index in [9.17, 15) is 13.5 Å². The molecule has 0 unspecified atom stereocenters. The molecule has 0 rings (SSSR count). The Morgan fingerprint density at radius 2 is 2.00 bits per heavy atom. The molecule has 6 heteroatoms. The fourth-order valence-electron chi connectivity index (χ4n) is 0.460. The highest BCUT2D eigenvalue weighted by Gasteiger charge is 2.16. The summed E-state index contributed by atoms with van der Waals surface area (Å²) in [5.41, 5.74) is -1.03. The first kappa shape index (κ1) is 12.2. The van der Waals surface area contributed by atoms with Gasteiger partial charge in [0, 0.05) is 12.4 Å². The maximum atomic E-state index is 11.0. The molecule has 0 fully saturated rings. The Hall–Kier alpha value is 0.160. The van der Waals surface area contributed by atoms with E-state index in [4.69, 9.17) is 11.6 Å². The van der Waals surface area contributed by atoms with E-state index in [2.05, 4.69) is 4.72 Å². The summed E-state index contributed by atoms with van der Waals surface area (Å²) < 4.78 is 24.2. The van der Waals surface area contributed by atoms with Gasteiger partial charge < -0.3 is 5.11 Å². The van der Waals surface area contributed by atoms with E-state index in [1.54, 1.807) is 0 Å². The predicted molar refractivity (Wildman–Crippen MR) is 48.8 cm³/mol. The van der Waals surface area contributed by atoms with Crippen LogP contribution in [0.25, 0.3) is 0 Å². The van der Waals surface area contributed by atoms with Crippen molar-refractivity contribution in [2.24, 2.45) is 0 Å². The van der Waals surface area contributed by atoms with Crippen LogP contribution in [0, 0.1) is 0 Å². The van der Waals surface area contributed by atoms with Gasteiger partial charge in [-0.3, -0.25) is 0 Å². The third kappa shape index (κ3) is 6.84. The van der Waals surface area contributed by atoms with Crippen molar-refractivity contribution in [3.8, 4) is 0 Å². The third-order valence-corrected chi connectivity index (χ3v) is 2.81. The first-order valence-electron chi connectivity index (χ1n) is 3.52. The second-order valence-corrected chi connectivity index (χ2v) is 5.45. The Labute approximate surface area is 78.0 Å². The molecule has 0 aromatic rings. The molecule has 12 heavy (non-hydrogen) atoms. The lowest BCUT2D eigenvalue weighted by Gasteiger charge is -2.17. The van der Waals surface area contributed by atoms with Crippen LogP contribution in [0.1, 0.15) is 13.8 Å². The summed E-state index contributed by atoms with van der Waals surface area (Å²) in [5, 5.41) is 9.19. The summed E-state index contributed by atoms with van der Waals surface area (Å²) in [7, 11) is -3.31. The molecule has 0 spiro atoms. The van der Waals surface area contributed by atoms with Crippen molar-refractivity contribution in [2.75, 3.05) is 18.2 Å². The van der Waals surface area contributed by atoms with Gasteiger partial charge >= 0.3 is 0 Å². The fourth-order valence-corrected chi connectivity index (χ4v) is 1.99. The Kier molecular flexibility index (Phi) is 4.47. The van der Waals surface area contributed by atoms with Crippen LogP contribution in [0.3, 0.4) is 0 Å². The fraction of sp³-hybridized carbons (Fsp3) is 1.00. The zero-order valence-corrected chi connectivity index (χ0v) is 8.74. The van der Waals surface area contributed by atoms with E-state index in [-0.39, 0.29) is 18.2 Å². The van der Waals surface area contributed by atoms with Gasteiger partial charge in [0.2, 0.25) is 10.0 Å². The van der Waals surface area contributed by atoms with Crippen LogP contribution < -0.4 is 4.72 Å². The average Bonchev–Trinajstić information content (AvgIpc) is 1.83. The molecule has 0 atom stereocenters. The van der Waals surface area contributed by atoms with Crippen LogP contribution in [-0.4, -0.2) is 37.3 Å². The van der Waals surface area contributed by atoms with Crippen molar-refractivity contribution >= 4 is 21.6 Å². The maximum absolute atomic E-state index is 11.0. The predicted octanol–water partition coefficient (Wildman–Crippen LogP) is -0.0845. The Morgan fingerprint density at radius 3 is 2.33 bits per heavy atom. The van der Waals surface area contributed by atoms with Crippen LogP contribution >= 0.6 is 11.6 Å². The molecule has 0 saturated carbocycles. The van der Waals surface area contributed by atoms with Crippen LogP contribution in [-0.2, 0) is 10.0 Å². The molecular weight excluding hydrogens is 202 g/mol. The Bertz CT molecular complexity index is 219. The molecule has 0 aliphatic carbocycles. The van der Waals surface area contributed by atoms with Crippen molar-refractivity contribution < 1.29 is 13.5 Å². The molecule has 0 aromatic heterocycles. The standard InChI is InChI=1S/C6H14ClNO3S/c1-6(2,9)5-8-12(10,11)4-3-7/h8-9H,3-5H2,1-2H3. The number of alkyl halides is 1. The number of rotatable bonds is 5. The summed E-state index contributed by atoms with van der Waals surface area (Å²) in [6, 6.07) is 0. The third-order valence-electron chi connectivity index (χ3n) is 1.07. The van der Waals surface area contributed by atoms with Crippen molar-refractivity contribution in [2.45, 2.75) is 19.4 Å². The van der Waals surface area contributed by atoms with Crippen LogP contribution in [0.15, 0.2) is 0 Å². The van der Waals surface area contributed by atoms with Gasteiger partial charge in [-0.2, -0.15) is 0 Å². The SMILES string of the molecule is CC(C)(O)CNS(=O)(=O)CCCl. The van der Waals surface area contributed by atoms with Gasteiger partial charge in [-0.05, 0) is 13.8 Å². The second-order valence-electron chi connectivity index (χ2n) is 3.14. The molecule has 2 N–H and O–H groups in total. The molecule has 0 radical (unpaired) electrons. The van der Waals surface area contributed by atoms with Gasteiger partial charge in [-0.25, -0.2) is 13.1 Å². The lowest BCUT2D eigenvalue weighted by molar-refractivity contribution is 0.0857. The van der Waals surface area contributed by atoms with Crippen molar-refractivity contribution in [3.05, 3.63) is 0 Å². The lowest BCUT2D eigenvalue weighted by atomic mass is 10.1. The number of hydrogen-bond acceptors (Lipinski definition) is 3. The van der Waals surface area contributed by atoms with Gasteiger partial charge in [-0.1, -0.05) is 0 Å². The molecule has 0 saturated heterocycles. The minimum atomic E-state index is -3.31. The summed E-state index contributed by atoms with van der Waals surface area (Å²) in [6.07, 6.45) is 0. The van der Waals surface area contributed by atoms with E-state index in [1.807, 2.05) is 0 Å².